The summed E-state index contributed by atoms with van der Waals surface area (Å²) in [5, 5.41) is 9.80. The maximum absolute atomic E-state index is 12.6. The standard InChI is InChI=1S/C16H21Cl2NO4/c1-3-23-6-4-5-19(10-11(2)16(21)22)15(20)12-7-13(17)9-14(18)8-12/h7-9,11H,3-6,10H2,1-2H3,(H,21,22). The maximum atomic E-state index is 12.6. The molecule has 1 aromatic rings. The summed E-state index contributed by atoms with van der Waals surface area (Å²) in [5.41, 5.74) is 0.344. The Bertz CT molecular complexity index is 531. The van der Waals surface area contributed by atoms with E-state index in [-0.39, 0.29) is 12.5 Å². The van der Waals surface area contributed by atoms with E-state index in [1.165, 1.54) is 17.0 Å². The molecule has 0 radical (unpaired) electrons. The monoisotopic (exact) mass is 361 g/mol. The number of nitrogens with zero attached hydrogens (tertiary/aromatic N) is 1. The van der Waals surface area contributed by atoms with E-state index < -0.39 is 11.9 Å². The van der Waals surface area contributed by atoms with Gasteiger partial charge in [-0.3, -0.25) is 9.59 Å². The van der Waals surface area contributed by atoms with Crippen LogP contribution in [-0.2, 0) is 9.53 Å². The van der Waals surface area contributed by atoms with Crippen molar-refractivity contribution in [1.82, 2.24) is 4.90 Å². The lowest BCUT2D eigenvalue weighted by Gasteiger charge is -2.25. The second-order valence-electron chi connectivity index (χ2n) is 5.20. The molecule has 0 aliphatic carbocycles. The minimum atomic E-state index is -0.947. The minimum Gasteiger partial charge on any atom is -0.481 e. The van der Waals surface area contributed by atoms with Gasteiger partial charge in [0.15, 0.2) is 0 Å². The van der Waals surface area contributed by atoms with Gasteiger partial charge in [-0.25, -0.2) is 0 Å². The van der Waals surface area contributed by atoms with E-state index in [0.29, 0.717) is 41.8 Å². The first-order valence-electron chi connectivity index (χ1n) is 7.41. The summed E-state index contributed by atoms with van der Waals surface area (Å²) in [6, 6.07) is 4.59. The molecule has 1 atom stereocenters. The number of halogens is 2. The van der Waals surface area contributed by atoms with Crippen molar-refractivity contribution in [2.24, 2.45) is 5.92 Å². The van der Waals surface area contributed by atoms with Crippen LogP contribution in [0.5, 0.6) is 0 Å². The van der Waals surface area contributed by atoms with Gasteiger partial charge in [0, 0.05) is 41.9 Å². The van der Waals surface area contributed by atoms with E-state index in [9.17, 15) is 9.59 Å². The predicted molar refractivity (Wildman–Crippen MR) is 90.3 cm³/mol. The van der Waals surface area contributed by atoms with E-state index >= 15 is 0 Å². The van der Waals surface area contributed by atoms with Gasteiger partial charge in [-0.1, -0.05) is 30.1 Å². The molecule has 0 aromatic heterocycles. The van der Waals surface area contributed by atoms with E-state index in [4.69, 9.17) is 33.0 Å². The van der Waals surface area contributed by atoms with Crippen LogP contribution in [0.3, 0.4) is 0 Å². The summed E-state index contributed by atoms with van der Waals surface area (Å²) in [4.78, 5) is 25.2. The molecule has 0 spiro atoms. The molecule has 1 unspecified atom stereocenters. The van der Waals surface area contributed by atoms with Crippen LogP contribution < -0.4 is 0 Å². The van der Waals surface area contributed by atoms with Crippen molar-refractivity contribution >= 4 is 35.1 Å². The van der Waals surface area contributed by atoms with Gasteiger partial charge in [-0.15, -0.1) is 0 Å². The third kappa shape index (κ3) is 6.77. The largest absolute Gasteiger partial charge is 0.481 e. The predicted octanol–water partition coefficient (Wildman–Crippen LogP) is 3.58. The van der Waals surface area contributed by atoms with Gasteiger partial charge in [0.1, 0.15) is 0 Å². The first-order chi connectivity index (χ1) is 10.8. The zero-order valence-corrected chi connectivity index (χ0v) is 14.7. The number of carbonyl (C=O) groups is 2. The van der Waals surface area contributed by atoms with Crippen LogP contribution in [0.1, 0.15) is 30.6 Å². The van der Waals surface area contributed by atoms with Crippen molar-refractivity contribution in [2.45, 2.75) is 20.3 Å². The van der Waals surface area contributed by atoms with Crippen LogP contribution in [0.4, 0.5) is 0 Å². The molecule has 1 rings (SSSR count). The van der Waals surface area contributed by atoms with Crippen molar-refractivity contribution in [3.05, 3.63) is 33.8 Å². The lowest BCUT2D eigenvalue weighted by Crippen LogP contribution is -2.38. The van der Waals surface area contributed by atoms with E-state index in [0.717, 1.165) is 0 Å². The fourth-order valence-corrected chi connectivity index (χ4v) is 2.57. The number of hydrogen-bond donors (Lipinski definition) is 1. The highest BCUT2D eigenvalue weighted by Gasteiger charge is 2.22. The quantitative estimate of drug-likeness (QED) is 0.682. The molecule has 23 heavy (non-hydrogen) atoms. The lowest BCUT2D eigenvalue weighted by atomic mass is 10.1. The first kappa shape index (κ1) is 19.7. The number of ether oxygens (including phenoxy) is 1. The van der Waals surface area contributed by atoms with Gasteiger partial charge in [-0.2, -0.15) is 0 Å². The van der Waals surface area contributed by atoms with Gasteiger partial charge in [0.2, 0.25) is 0 Å². The topological polar surface area (TPSA) is 66.8 Å². The average Bonchev–Trinajstić information content (AvgIpc) is 2.48. The summed E-state index contributed by atoms with van der Waals surface area (Å²) in [5.74, 6) is -1.91. The highest BCUT2D eigenvalue weighted by atomic mass is 35.5. The minimum absolute atomic E-state index is 0.116. The number of carboxylic acid groups (broad SMARTS) is 1. The molecule has 0 aliphatic rings. The molecule has 7 heteroatoms. The van der Waals surface area contributed by atoms with Crippen LogP contribution in [0.15, 0.2) is 18.2 Å². The zero-order chi connectivity index (χ0) is 17.4. The number of benzene rings is 1. The Morgan fingerprint density at radius 1 is 1.26 bits per heavy atom. The Morgan fingerprint density at radius 2 is 1.87 bits per heavy atom. The number of hydrogen-bond acceptors (Lipinski definition) is 3. The smallest absolute Gasteiger partial charge is 0.308 e. The van der Waals surface area contributed by atoms with Crippen molar-refractivity contribution < 1.29 is 19.4 Å². The second kappa shape index (κ2) is 9.75. The van der Waals surface area contributed by atoms with Crippen LogP contribution in [0, 0.1) is 5.92 Å². The molecule has 0 fully saturated rings. The molecule has 0 saturated carbocycles. The van der Waals surface area contributed by atoms with Crippen LogP contribution in [0.25, 0.3) is 0 Å². The average molecular weight is 362 g/mol. The Labute approximate surface area is 146 Å². The molecule has 1 N–H and O–H groups in total. The highest BCUT2D eigenvalue weighted by molar-refractivity contribution is 6.35. The highest BCUT2D eigenvalue weighted by Crippen LogP contribution is 2.20. The Morgan fingerprint density at radius 3 is 2.39 bits per heavy atom. The number of carboxylic acids is 1. The summed E-state index contributed by atoms with van der Waals surface area (Å²) >= 11 is 11.9. The number of aliphatic carboxylic acids is 1. The van der Waals surface area contributed by atoms with Gasteiger partial charge in [0.05, 0.1) is 5.92 Å². The van der Waals surface area contributed by atoms with Crippen LogP contribution in [0.2, 0.25) is 10.0 Å². The first-order valence-corrected chi connectivity index (χ1v) is 8.16. The number of rotatable bonds is 9. The number of carbonyl (C=O) groups excluding carboxylic acids is 1. The molecular formula is C16H21Cl2NO4. The van der Waals surface area contributed by atoms with E-state index in [1.54, 1.807) is 13.0 Å². The van der Waals surface area contributed by atoms with Gasteiger partial charge < -0.3 is 14.7 Å². The molecular weight excluding hydrogens is 341 g/mol. The van der Waals surface area contributed by atoms with E-state index in [2.05, 4.69) is 0 Å². The molecule has 0 saturated heterocycles. The van der Waals surface area contributed by atoms with Crippen LogP contribution in [-0.4, -0.2) is 48.2 Å². The lowest BCUT2D eigenvalue weighted by molar-refractivity contribution is -0.141. The zero-order valence-electron chi connectivity index (χ0n) is 13.2. The fourth-order valence-electron chi connectivity index (χ4n) is 2.05. The van der Waals surface area contributed by atoms with Crippen molar-refractivity contribution in [3.8, 4) is 0 Å². The molecule has 128 valence electrons. The summed E-state index contributed by atoms with van der Waals surface area (Å²) in [7, 11) is 0. The normalized spacial score (nSPS) is 12.0. The molecule has 5 nitrogen and oxygen atoms in total. The second-order valence-corrected chi connectivity index (χ2v) is 6.07. The molecule has 0 heterocycles. The van der Waals surface area contributed by atoms with Gasteiger partial charge >= 0.3 is 5.97 Å². The molecule has 0 bridgehead atoms. The Balaban J connectivity index is 2.87. The summed E-state index contributed by atoms with van der Waals surface area (Å²) in [6.45, 7) is 5.09. The maximum Gasteiger partial charge on any atom is 0.308 e. The van der Waals surface area contributed by atoms with Crippen molar-refractivity contribution in [3.63, 3.8) is 0 Å². The molecule has 1 amide bonds. The Kier molecular flexibility index (Phi) is 8.37. The summed E-state index contributed by atoms with van der Waals surface area (Å²) in [6.07, 6.45) is 0.625. The van der Waals surface area contributed by atoms with Gasteiger partial charge in [-0.05, 0) is 31.5 Å². The van der Waals surface area contributed by atoms with Gasteiger partial charge in [0.25, 0.3) is 5.91 Å². The third-order valence-electron chi connectivity index (χ3n) is 3.23. The van der Waals surface area contributed by atoms with E-state index in [1.807, 2.05) is 6.92 Å². The molecule has 1 aromatic carbocycles. The Hall–Kier alpha value is -1.30. The van der Waals surface area contributed by atoms with Crippen LogP contribution >= 0.6 is 23.2 Å². The van der Waals surface area contributed by atoms with Crippen molar-refractivity contribution in [1.29, 1.82) is 0 Å². The summed E-state index contributed by atoms with van der Waals surface area (Å²) < 4.78 is 5.26. The SMILES string of the molecule is CCOCCCN(CC(C)C(=O)O)C(=O)c1cc(Cl)cc(Cl)c1. The number of amides is 1. The van der Waals surface area contributed by atoms with Crippen molar-refractivity contribution in [2.75, 3.05) is 26.3 Å². The third-order valence-corrected chi connectivity index (χ3v) is 3.67. The molecule has 0 aliphatic heterocycles. The fraction of sp³-hybridized carbons (Fsp3) is 0.500.